The fourth-order valence-electron chi connectivity index (χ4n) is 2.52. The Morgan fingerprint density at radius 2 is 2.04 bits per heavy atom. The molecule has 3 amide bonds. The van der Waals surface area contributed by atoms with Crippen molar-refractivity contribution in [3.63, 3.8) is 0 Å². The summed E-state index contributed by atoms with van der Waals surface area (Å²) in [5.41, 5.74) is 2.51. The van der Waals surface area contributed by atoms with Crippen molar-refractivity contribution >= 4 is 29.0 Å². The van der Waals surface area contributed by atoms with Gasteiger partial charge in [0.05, 0.1) is 22.4 Å². The second kappa shape index (κ2) is 6.37. The molecule has 2 aromatic rings. The number of aromatic nitrogens is 1. The van der Waals surface area contributed by atoms with Crippen LogP contribution in [0.1, 0.15) is 11.9 Å². The summed E-state index contributed by atoms with van der Waals surface area (Å²) >= 11 is 1.58. The summed E-state index contributed by atoms with van der Waals surface area (Å²) in [5, 5.41) is 8.70. The number of hydrogen-bond donors (Lipinski definition) is 2. The Labute approximate surface area is 138 Å². The van der Waals surface area contributed by atoms with Crippen LogP contribution in [-0.4, -0.2) is 41.0 Å². The summed E-state index contributed by atoms with van der Waals surface area (Å²) in [5.74, 6) is -0.0701. The third kappa shape index (κ3) is 3.50. The van der Waals surface area contributed by atoms with E-state index in [-0.39, 0.29) is 18.0 Å². The molecule has 0 saturated carbocycles. The van der Waals surface area contributed by atoms with E-state index >= 15 is 0 Å². The maximum Gasteiger partial charge on any atom is 0.322 e. The molecule has 0 aliphatic carbocycles. The predicted octanol–water partition coefficient (Wildman–Crippen LogP) is 2.47. The Morgan fingerprint density at radius 1 is 1.30 bits per heavy atom. The van der Waals surface area contributed by atoms with E-state index < -0.39 is 0 Å². The minimum atomic E-state index is -0.161. The molecule has 3 rings (SSSR count). The van der Waals surface area contributed by atoms with Crippen molar-refractivity contribution in [3.8, 4) is 11.3 Å². The van der Waals surface area contributed by atoms with Crippen LogP contribution in [0.25, 0.3) is 11.3 Å². The molecule has 0 spiro atoms. The van der Waals surface area contributed by atoms with E-state index in [0.29, 0.717) is 13.1 Å². The number of carbonyl (C=O) groups excluding carboxylic acids is 2. The zero-order valence-corrected chi connectivity index (χ0v) is 13.8. The normalized spacial score (nSPS) is 14.3. The van der Waals surface area contributed by atoms with Crippen molar-refractivity contribution in [1.82, 2.24) is 15.2 Å². The second-order valence-electron chi connectivity index (χ2n) is 5.53. The van der Waals surface area contributed by atoms with E-state index in [1.54, 1.807) is 16.2 Å². The Balaban J connectivity index is 1.67. The van der Waals surface area contributed by atoms with E-state index in [4.69, 9.17) is 0 Å². The highest BCUT2D eigenvalue weighted by Crippen LogP contribution is 2.29. The van der Waals surface area contributed by atoms with E-state index in [0.717, 1.165) is 22.0 Å². The number of nitrogens with one attached hydrogen (secondary N) is 2. The molecule has 1 fully saturated rings. The van der Waals surface area contributed by atoms with Gasteiger partial charge in [0.2, 0.25) is 5.91 Å². The van der Waals surface area contributed by atoms with Crippen molar-refractivity contribution in [2.45, 2.75) is 19.9 Å². The minimum Gasteiger partial charge on any atom is -0.350 e. The SMILES string of the molecule is CC(=O)NC1CN(C(=O)Nc2ccccc2-c2csc(C)n2)C1. The first-order chi connectivity index (χ1) is 11.0. The number of nitrogens with zero attached hydrogens (tertiary/aromatic N) is 2. The summed E-state index contributed by atoms with van der Waals surface area (Å²) in [6.45, 7) is 4.50. The zero-order chi connectivity index (χ0) is 16.4. The van der Waals surface area contributed by atoms with Gasteiger partial charge in [0, 0.05) is 31.0 Å². The first kappa shape index (κ1) is 15.5. The molecule has 6 nitrogen and oxygen atoms in total. The van der Waals surface area contributed by atoms with Gasteiger partial charge < -0.3 is 15.5 Å². The van der Waals surface area contributed by atoms with Crippen LogP contribution in [0.4, 0.5) is 10.5 Å². The Hall–Kier alpha value is -2.41. The minimum absolute atomic E-state index is 0.0506. The summed E-state index contributed by atoms with van der Waals surface area (Å²) in [6, 6.07) is 7.51. The molecule has 1 aliphatic heterocycles. The quantitative estimate of drug-likeness (QED) is 0.908. The second-order valence-corrected chi connectivity index (χ2v) is 6.59. The van der Waals surface area contributed by atoms with E-state index in [9.17, 15) is 9.59 Å². The van der Waals surface area contributed by atoms with Gasteiger partial charge in [0.15, 0.2) is 0 Å². The largest absolute Gasteiger partial charge is 0.350 e. The Morgan fingerprint density at radius 3 is 2.70 bits per heavy atom. The molecule has 7 heteroatoms. The van der Waals surface area contributed by atoms with Crippen LogP contribution in [0.15, 0.2) is 29.6 Å². The summed E-state index contributed by atoms with van der Waals surface area (Å²) < 4.78 is 0. The van der Waals surface area contributed by atoms with Gasteiger partial charge >= 0.3 is 6.03 Å². The lowest BCUT2D eigenvalue weighted by Gasteiger charge is -2.39. The number of para-hydroxylation sites is 1. The molecule has 2 heterocycles. The molecule has 2 N–H and O–H groups in total. The molecule has 0 atom stereocenters. The predicted molar refractivity (Wildman–Crippen MR) is 90.5 cm³/mol. The first-order valence-electron chi connectivity index (χ1n) is 7.37. The number of anilines is 1. The molecule has 1 aromatic carbocycles. The molecule has 0 bridgehead atoms. The van der Waals surface area contributed by atoms with Crippen molar-refractivity contribution in [3.05, 3.63) is 34.7 Å². The molecular weight excluding hydrogens is 312 g/mol. The topological polar surface area (TPSA) is 74.3 Å². The fraction of sp³-hybridized carbons (Fsp3) is 0.312. The molecular formula is C16H18N4O2S. The maximum absolute atomic E-state index is 12.3. The third-order valence-corrected chi connectivity index (χ3v) is 4.41. The number of hydrogen-bond acceptors (Lipinski definition) is 4. The maximum atomic E-state index is 12.3. The summed E-state index contributed by atoms with van der Waals surface area (Å²) in [4.78, 5) is 29.4. The molecule has 1 aliphatic rings. The van der Waals surface area contributed by atoms with Gasteiger partial charge in [-0.3, -0.25) is 4.79 Å². The highest BCUT2D eigenvalue weighted by molar-refractivity contribution is 7.09. The smallest absolute Gasteiger partial charge is 0.322 e. The van der Waals surface area contributed by atoms with Crippen molar-refractivity contribution in [2.75, 3.05) is 18.4 Å². The van der Waals surface area contributed by atoms with Crippen LogP contribution in [0, 0.1) is 6.92 Å². The number of likely N-dealkylation sites (tertiary alicyclic amines) is 1. The van der Waals surface area contributed by atoms with Gasteiger partial charge in [0.1, 0.15) is 0 Å². The zero-order valence-electron chi connectivity index (χ0n) is 13.0. The van der Waals surface area contributed by atoms with Crippen LogP contribution < -0.4 is 10.6 Å². The van der Waals surface area contributed by atoms with Crippen LogP contribution >= 0.6 is 11.3 Å². The van der Waals surface area contributed by atoms with E-state index in [1.807, 2.05) is 36.6 Å². The number of amides is 3. The van der Waals surface area contributed by atoms with Gasteiger partial charge in [-0.15, -0.1) is 11.3 Å². The van der Waals surface area contributed by atoms with Gasteiger partial charge in [-0.2, -0.15) is 0 Å². The summed E-state index contributed by atoms with van der Waals surface area (Å²) in [7, 11) is 0. The fourth-order valence-corrected chi connectivity index (χ4v) is 3.13. The molecule has 23 heavy (non-hydrogen) atoms. The molecule has 0 radical (unpaired) electrons. The monoisotopic (exact) mass is 330 g/mol. The lowest BCUT2D eigenvalue weighted by atomic mass is 10.1. The number of carbonyl (C=O) groups is 2. The third-order valence-electron chi connectivity index (χ3n) is 3.64. The number of benzene rings is 1. The number of rotatable bonds is 3. The number of urea groups is 1. The Kier molecular flexibility index (Phi) is 4.29. The van der Waals surface area contributed by atoms with Gasteiger partial charge in [-0.25, -0.2) is 9.78 Å². The molecule has 1 saturated heterocycles. The van der Waals surface area contributed by atoms with Crippen LogP contribution in [-0.2, 0) is 4.79 Å². The highest BCUT2D eigenvalue weighted by atomic mass is 32.1. The van der Waals surface area contributed by atoms with Crippen LogP contribution in [0.3, 0.4) is 0 Å². The molecule has 120 valence electrons. The summed E-state index contributed by atoms with van der Waals surface area (Å²) in [6.07, 6.45) is 0. The average molecular weight is 330 g/mol. The lowest BCUT2D eigenvalue weighted by Crippen LogP contribution is -2.61. The average Bonchev–Trinajstić information content (AvgIpc) is 2.89. The van der Waals surface area contributed by atoms with Gasteiger partial charge in [0.25, 0.3) is 0 Å². The van der Waals surface area contributed by atoms with Crippen LogP contribution in [0.2, 0.25) is 0 Å². The number of thiazole rings is 1. The highest BCUT2D eigenvalue weighted by Gasteiger charge is 2.31. The van der Waals surface area contributed by atoms with Crippen molar-refractivity contribution in [1.29, 1.82) is 0 Å². The Bertz CT molecular complexity index is 737. The van der Waals surface area contributed by atoms with Crippen molar-refractivity contribution < 1.29 is 9.59 Å². The number of aryl methyl sites for hydroxylation is 1. The van der Waals surface area contributed by atoms with Crippen molar-refractivity contribution in [2.24, 2.45) is 0 Å². The van der Waals surface area contributed by atoms with E-state index in [1.165, 1.54) is 6.92 Å². The van der Waals surface area contributed by atoms with Crippen LogP contribution in [0.5, 0.6) is 0 Å². The first-order valence-corrected chi connectivity index (χ1v) is 8.25. The van der Waals surface area contributed by atoms with E-state index in [2.05, 4.69) is 15.6 Å². The molecule has 0 unspecified atom stereocenters. The van der Waals surface area contributed by atoms with Gasteiger partial charge in [-0.1, -0.05) is 18.2 Å². The molecule has 1 aromatic heterocycles. The standard InChI is InChI=1S/C16H18N4O2S/c1-10(21)17-12-7-20(8-12)16(22)19-14-6-4-3-5-13(14)15-9-23-11(2)18-15/h3-6,9,12H,7-8H2,1-2H3,(H,17,21)(H,19,22). The lowest BCUT2D eigenvalue weighted by molar-refractivity contribution is -0.120. The van der Waals surface area contributed by atoms with Gasteiger partial charge in [-0.05, 0) is 13.0 Å².